The molecule has 1 heteroatoms. The molecule has 0 atom stereocenters. The first-order valence-corrected chi connectivity index (χ1v) is 13.1. The quantitative estimate of drug-likeness (QED) is 0.234. The molecule has 0 radical (unpaired) electrons. The highest BCUT2D eigenvalue weighted by Gasteiger charge is 2.13. The molecule has 6 aromatic carbocycles. The van der Waals surface area contributed by atoms with Crippen LogP contribution in [0.15, 0.2) is 146 Å². The van der Waals surface area contributed by atoms with E-state index in [0.29, 0.717) is 0 Å². The molecule has 0 unspecified atom stereocenters. The molecule has 0 spiro atoms. The average molecular weight is 486 g/mol. The van der Waals surface area contributed by atoms with Crippen molar-refractivity contribution in [2.45, 2.75) is 6.92 Å². The van der Waals surface area contributed by atoms with Gasteiger partial charge in [0.1, 0.15) is 0 Å². The molecule has 1 nitrogen and oxygen atoms in total. The molecule has 0 aliphatic heterocycles. The molecular formula is C37H27N. The minimum absolute atomic E-state index is 1.18. The zero-order valence-corrected chi connectivity index (χ0v) is 21.3. The van der Waals surface area contributed by atoms with Crippen LogP contribution < -0.4 is 0 Å². The molecule has 0 aliphatic rings. The lowest BCUT2D eigenvalue weighted by atomic mass is 9.96. The number of para-hydroxylation sites is 2. The van der Waals surface area contributed by atoms with Gasteiger partial charge in [-0.3, -0.25) is 0 Å². The second-order valence-corrected chi connectivity index (χ2v) is 9.94. The van der Waals surface area contributed by atoms with Crippen LogP contribution in [0.3, 0.4) is 0 Å². The Hall–Kier alpha value is -4.88. The fraction of sp³-hybridized carbons (Fsp3) is 0.0270. The summed E-state index contributed by atoms with van der Waals surface area (Å²) in [4.78, 5) is 0. The smallest absolute Gasteiger partial charge is 0.0541 e. The number of hydrogen-bond acceptors (Lipinski definition) is 0. The minimum Gasteiger partial charge on any atom is -0.309 e. The predicted molar refractivity (Wildman–Crippen MR) is 162 cm³/mol. The third-order valence-electron chi connectivity index (χ3n) is 7.49. The number of nitrogens with zero attached hydrogens (tertiary/aromatic N) is 1. The summed E-state index contributed by atoms with van der Waals surface area (Å²) in [5, 5.41) is 2.55. The lowest BCUT2D eigenvalue weighted by molar-refractivity contribution is 1.18. The van der Waals surface area contributed by atoms with Gasteiger partial charge in [-0.1, -0.05) is 115 Å². The Morgan fingerprint density at radius 2 is 0.895 bits per heavy atom. The van der Waals surface area contributed by atoms with Crippen molar-refractivity contribution in [1.29, 1.82) is 0 Å². The fourth-order valence-corrected chi connectivity index (χ4v) is 5.49. The van der Waals surface area contributed by atoms with E-state index in [4.69, 9.17) is 0 Å². The molecule has 7 rings (SSSR count). The van der Waals surface area contributed by atoms with E-state index in [1.807, 2.05) is 0 Å². The van der Waals surface area contributed by atoms with E-state index in [1.54, 1.807) is 0 Å². The number of benzene rings is 6. The monoisotopic (exact) mass is 485 g/mol. The molecule has 1 aromatic heterocycles. The summed E-state index contributed by atoms with van der Waals surface area (Å²) in [5.74, 6) is 0. The fourth-order valence-electron chi connectivity index (χ4n) is 5.49. The van der Waals surface area contributed by atoms with E-state index in [2.05, 4.69) is 157 Å². The van der Waals surface area contributed by atoms with Gasteiger partial charge in [0.25, 0.3) is 0 Å². The Labute approximate surface area is 223 Å². The van der Waals surface area contributed by atoms with Crippen molar-refractivity contribution in [1.82, 2.24) is 4.57 Å². The molecule has 1 heterocycles. The van der Waals surface area contributed by atoms with E-state index < -0.39 is 0 Å². The number of fused-ring (bicyclic) bond motifs is 3. The van der Waals surface area contributed by atoms with Crippen molar-refractivity contribution in [2.75, 3.05) is 0 Å². The Bertz CT molecular complexity index is 1890. The summed E-state index contributed by atoms with van der Waals surface area (Å²) in [5.41, 5.74) is 12.3. The van der Waals surface area contributed by atoms with Crippen molar-refractivity contribution < 1.29 is 0 Å². The zero-order valence-electron chi connectivity index (χ0n) is 21.3. The normalized spacial score (nSPS) is 11.3. The van der Waals surface area contributed by atoms with Crippen molar-refractivity contribution in [3.63, 3.8) is 0 Å². The average Bonchev–Trinajstić information content (AvgIpc) is 3.32. The number of aromatic nitrogens is 1. The Morgan fingerprint density at radius 3 is 1.63 bits per heavy atom. The van der Waals surface area contributed by atoms with Crippen molar-refractivity contribution in [3.8, 4) is 39.1 Å². The Kier molecular flexibility index (Phi) is 5.41. The van der Waals surface area contributed by atoms with Gasteiger partial charge in [-0.25, -0.2) is 0 Å². The molecule has 0 N–H and O–H groups in total. The number of aryl methyl sites for hydroxylation is 1. The van der Waals surface area contributed by atoms with E-state index in [1.165, 1.54) is 66.4 Å². The van der Waals surface area contributed by atoms with Crippen molar-refractivity contribution >= 4 is 21.8 Å². The standard InChI is InChI=1S/C37H27N/c1-26-14-16-27(17-15-26)28-18-20-29(21-19-28)30-8-7-9-31(24-30)32-22-23-37-35(25-32)34-12-5-6-13-36(34)38(37)33-10-3-2-4-11-33/h2-25H,1H3. The maximum Gasteiger partial charge on any atom is 0.0541 e. The molecule has 7 aromatic rings. The lowest BCUT2D eigenvalue weighted by Crippen LogP contribution is -1.92. The van der Waals surface area contributed by atoms with Crippen LogP contribution in [0.1, 0.15) is 5.56 Å². The van der Waals surface area contributed by atoms with Gasteiger partial charge >= 0.3 is 0 Å². The number of rotatable bonds is 4. The van der Waals surface area contributed by atoms with Crippen LogP contribution in [0, 0.1) is 6.92 Å². The first-order valence-electron chi connectivity index (χ1n) is 13.1. The van der Waals surface area contributed by atoms with Crippen LogP contribution in [-0.2, 0) is 0 Å². The summed E-state index contributed by atoms with van der Waals surface area (Å²) >= 11 is 0. The van der Waals surface area contributed by atoms with Gasteiger partial charge in [-0.15, -0.1) is 0 Å². The summed E-state index contributed by atoms with van der Waals surface area (Å²) in [7, 11) is 0. The van der Waals surface area contributed by atoms with Crippen LogP contribution in [-0.4, -0.2) is 4.57 Å². The lowest BCUT2D eigenvalue weighted by Gasteiger charge is -2.09. The number of hydrogen-bond donors (Lipinski definition) is 0. The largest absolute Gasteiger partial charge is 0.309 e. The summed E-state index contributed by atoms with van der Waals surface area (Å²) in [6.07, 6.45) is 0. The van der Waals surface area contributed by atoms with Gasteiger partial charge in [0.05, 0.1) is 11.0 Å². The van der Waals surface area contributed by atoms with E-state index >= 15 is 0 Å². The maximum atomic E-state index is 2.36. The van der Waals surface area contributed by atoms with Crippen molar-refractivity contribution in [2.24, 2.45) is 0 Å². The molecule has 0 saturated carbocycles. The van der Waals surface area contributed by atoms with E-state index in [9.17, 15) is 0 Å². The molecule has 38 heavy (non-hydrogen) atoms. The molecule has 0 bridgehead atoms. The SMILES string of the molecule is Cc1ccc(-c2ccc(-c3cccc(-c4ccc5c(c4)c4ccccc4n5-c4ccccc4)c3)cc2)cc1. The summed E-state index contributed by atoms with van der Waals surface area (Å²) in [6.45, 7) is 2.12. The highest BCUT2D eigenvalue weighted by Crippen LogP contribution is 2.36. The molecule has 0 fully saturated rings. The molecule has 180 valence electrons. The van der Waals surface area contributed by atoms with Crippen LogP contribution in [0.25, 0.3) is 60.9 Å². The van der Waals surface area contributed by atoms with Crippen LogP contribution in [0.4, 0.5) is 0 Å². The molecule has 0 amide bonds. The van der Waals surface area contributed by atoms with Gasteiger partial charge in [-0.2, -0.15) is 0 Å². The second-order valence-electron chi connectivity index (χ2n) is 9.94. The van der Waals surface area contributed by atoms with Crippen LogP contribution in [0.5, 0.6) is 0 Å². The third-order valence-corrected chi connectivity index (χ3v) is 7.49. The van der Waals surface area contributed by atoms with Gasteiger partial charge in [0.15, 0.2) is 0 Å². The van der Waals surface area contributed by atoms with Gasteiger partial charge < -0.3 is 4.57 Å². The molecule has 0 aliphatic carbocycles. The van der Waals surface area contributed by atoms with E-state index in [0.717, 1.165) is 0 Å². The summed E-state index contributed by atoms with van der Waals surface area (Å²) in [6, 6.07) is 52.6. The van der Waals surface area contributed by atoms with Gasteiger partial charge in [0, 0.05) is 16.5 Å². The first kappa shape index (κ1) is 22.3. The van der Waals surface area contributed by atoms with Crippen molar-refractivity contribution in [3.05, 3.63) is 151 Å². The maximum absolute atomic E-state index is 2.36. The Balaban J connectivity index is 1.29. The first-order chi connectivity index (χ1) is 18.7. The van der Waals surface area contributed by atoms with Crippen LogP contribution in [0.2, 0.25) is 0 Å². The predicted octanol–water partition coefficient (Wildman–Crippen LogP) is 10.1. The summed E-state index contributed by atoms with van der Waals surface area (Å²) < 4.78 is 2.36. The highest BCUT2D eigenvalue weighted by atomic mass is 15.0. The molecular weight excluding hydrogens is 458 g/mol. The van der Waals surface area contributed by atoms with Crippen LogP contribution >= 0.6 is 0 Å². The highest BCUT2D eigenvalue weighted by molar-refractivity contribution is 6.10. The van der Waals surface area contributed by atoms with E-state index in [-0.39, 0.29) is 0 Å². The zero-order chi connectivity index (χ0) is 25.5. The third kappa shape index (κ3) is 3.90. The van der Waals surface area contributed by atoms with Gasteiger partial charge in [-0.05, 0) is 76.7 Å². The minimum atomic E-state index is 1.18. The molecule has 0 saturated heterocycles. The topological polar surface area (TPSA) is 4.93 Å². The van der Waals surface area contributed by atoms with Gasteiger partial charge in [0.2, 0.25) is 0 Å². The second kappa shape index (κ2) is 9.21. The Morgan fingerprint density at radius 1 is 0.368 bits per heavy atom.